The number of hydrogen-bond donors (Lipinski definition) is 3. The molecule has 6 rings (SSSR count). The fraction of sp³-hybridized carbons (Fsp3) is 0.444. The molecule has 188 valence electrons. The van der Waals surface area contributed by atoms with E-state index in [1.54, 1.807) is 12.4 Å². The molecule has 0 bridgehead atoms. The van der Waals surface area contributed by atoms with Crippen molar-refractivity contribution in [2.75, 3.05) is 30.1 Å². The summed E-state index contributed by atoms with van der Waals surface area (Å²) < 4.78 is 13.7. The third kappa shape index (κ3) is 3.73. The summed E-state index contributed by atoms with van der Waals surface area (Å²) in [4.78, 5) is 13.8. The maximum atomic E-state index is 13.7. The average molecular weight is 490 g/mol. The van der Waals surface area contributed by atoms with Gasteiger partial charge in [0.05, 0.1) is 16.9 Å². The van der Waals surface area contributed by atoms with Gasteiger partial charge in [-0.15, -0.1) is 0 Å². The number of halogens is 1. The minimum absolute atomic E-state index is 0.0545. The smallest absolute Gasteiger partial charge is 0.229 e. The third-order valence-corrected chi connectivity index (χ3v) is 7.77. The van der Waals surface area contributed by atoms with Crippen LogP contribution in [0.5, 0.6) is 0 Å². The van der Waals surface area contributed by atoms with Gasteiger partial charge in [0.1, 0.15) is 6.67 Å². The van der Waals surface area contributed by atoms with Crippen LogP contribution in [0.25, 0.3) is 0 Å². The molecule has 1 atom stereocenters. The van der Waals surface area contributed by atoms with Crippen LogP contribution >= 0.6 is 0 Å². The molecule has 0 radical (unpaired) electrons. The van der Waals surface area contributed by atoms with E-state index in [2.05, 4.69) is 52.6 Å². The molecule has 4 heterocycles. The Hall–Kier alpha value is -3.14. The number of alkyl halides is 1. The first kappa shape index (κ1) is 23.3. The van der Waals surface area contributed by atoms with Gasteiger partial charge in [-0.1, -0.05) is 13.0 Å². The molecule has 8 nitrogen and oxygen atoms in total. The van der Waals surface area contributed by atoms with Gasteiger partial charge < -0.3 is 15.7 Å². The maximum Gasteiger partial charge on any atom is 0.229 e. The predicted molar refractivity (Wildman–Crippen MR) is 137 cm³/mol. The number of aromatic nitrogens is 3. The van der Waals surface area contributed by atoms with E-state index in [4.69, 9.17) is 4.98 Å². The number of pyridine rings is 1. The highest BCUT2D eigenvalue weighted by molar-refractivity contribution is 5.68. The number of hydrazine groups is 1. The Morgan fingerprint density at radius 2 is 2.03 bits per heavy atom. The SMILES string of the molecule is CCN1C(O)c2cnc(Nc3ccc4c(c3)CCNC4(C)C)nc2N1c1ccnc(C2(CF)CC2)c1. The maximum absolute atomic E-state index is 13.7. The van der Waals surface area contributed by atoms with Crippen LogP contribution in [-0.2, 0) is 17.4 Å². The Balaban J connectivity index is 1.34. The zero-order valence-electron chi connectivity index (χ0n) is 20.9. The molecule has 1 aromatic carbocycles. The number of rotatable bonds is 6. The summed E-state index contributed by atoms with van der Waals surface area (Å²) in [6.07, 6.45) is 5.10. The molecule has 1 fully saturated rings. The van der Waals surface area contributed by atoms with Crippen molar-refractivity contribution in [1.29, 1.82) is 0 Å². The topological polar surface area (TPSA) is 89.4 Å². The number of aliphatic hydroxyl groups is 1. The Morgan fingerprint density at radius 1 is 1.19 bits per heavy atom. The van der Waals surface area contributed by atoms with Gasteiger partial charge in [-0.05, 0) is 75.0 Å². The number of aliphatic hydroxyl groups excluding tert-OH is 1. The summed E-state index contributed by atoms with van der Waals surface area (Å²) in [5.41, 5.74) is 5.19. The minimum Gasteiger partial charge on any atom is -0.372 e. The molecule has 3 aliphatic rings. The zero-order chi connectivity index (χ0) is 25.1. The fourth-order valence-electron chi connectivity index (χ4n) is 5.44. The monoisotopic (exact) mass is 489 g/mol. The lowest BCUT2D eigenvalue weighted by atomic mass is 9.85. The molecule has 2 aromatic heterocycles. The second kappa shape index (κ2) is 8.47. The number of fused-ring (bicyclic) bond motifs is 2. The van der Waals surface area contributed by atoms with Gasteiger partial charge >= 0.3 is 0 Å². The Labute approximate surface area is 210 Å². The van der Waals surface area contributed by atoms with Crippen LogP contribution < -0.4 is 15.6 Å². The zero-order valence-corrected chi connectivity index (χ0v) is 20.9. The lowest BCUT2D eigenvalue weighted by Gasteiger charge is -2.34. The largest absolute Gasteiger partial charge is 0.372 e. The second-order valence-electron chi connectivity index (χ2n) is 10.5. The van der Waals surface area contributed by atoms with Crippen LogP contribution in [0.4, 0.5) is 27.5 Å². The second-order valence-corrected chi connectivity index (χ2v) is 10.5. The predicted octanol–water partition coefficient (Wildman–Crippen LogP) is 4.38. The van der Waals surface area contributed by atoms with Gasteiger partial charge in [-0.2, -0.15) is 9.99 Å². The Bertz CT molecular complexity index is 1310. The highest BCUT2D eigenvalue weighted by atomic mass is 19.1. The van der Waals surface area contributed by atoms with Crippen molar-refractivity contribution in [2.24, 2.45) is 0 Å². The van der Waals surface area contributed by atoms with Gasteiger partial charge in [-0.3, -0.25) is 14.4 Å². The van der Waals surface area contributed by atoms with Gasteiger partial charge in [0, 0.05) is 35.6 Å². The molecular weight excluding hydrogens is 457 g/mol. The highest BCUT2D eigenvalue weighted by Crippen LogP contribution is 2.49. The first-order chi connectivity index (χ1) is 17.3. The first-order valence-electron chi connectivity index (χ1n) is 12.6. The van der Waals surface area contributed by atoms with E-state index < -0.39 is 18.3 Å². The Morgan fingerprint density at radius 3 is 2.78 bits per heavy atom. The van der Waals surface area contributed by atoms with Crippen molar-refractivity contribution >= 4 is 23.1 Å². The van der Waals surface area contributed by atoms with E-state index in [-0.39, 0.29) is 5.54 Å². The van der Waals surface area contributed by atoms with Crippen LogP contribution in [-0.4, -0.2) is 44.8 Å². The number of nitrogens with one attached hydrogen (secondary N) is 2. The summed E-state index contributed by atoms with van der Waals surface area (Å²) in [5.74, 6) is 1.06. The third-order valence-electron chi connectivity index (χ3n) is 7.77. The molecule has 36 heavy (non-hydrogen) atoms. The van der Waals surface area contributed by atoms with Crippen molar-refractivity contribution < 1.29 is 9.50 Å². The summed E-state index contributed by atoms with van der Waals surface area (Å²) in [6, 6.07) is 10.2. The molecule has 0 saturated heterocycles. The Kier molecular flexibility index (Phi) is 5.47. The number of nitrogens with zero attached hydrogens (tertiary/aromatic N) is 5. The van der Waals surface area contributed by atoms with E-state index in [0.717, 1.165) is 42.9 Å². The van der Waals surface area contributed by atoms with Gasteiger partial charge in [-0.25, -0.2) is 4.98 Å². The van der Waals surface area contributed by atoms with Crippen LogP contribution in [0.1, 0.15) is 62.2 Å². The van der Waals surface area contributed by atoms with E-state index in [1.807, 2.05) is 29.1 Å². The number of hydrogen-bond acceptors (Lipinski definition) is 8. The van der Waals surface area contributed by atoms with E-state index in [9.17, 15) is 9.50 Å². The summed E-state index contributed by atoms with van der Waals surface area (Å²) in [5, 5.41) is 21.7. The van der Waals surface area contributed by atoms with Crippen LogP contribution in [0.15, 0.2) is 42.7 Å². The first-order valence-corrected chi connectivity index (χ1v) is 12.6. The molecule has 3 N–H and O–H groups in total. The van der Waals surface area contributed by atoms with Crippen molar-refractivity contribution in [3.8, 4) is 0 Å². The van der Waals surface area contributed by atoms with Crippen LogP contribution in [0.2, 0.25) is 0 Å². The lowest BCUT2D eigenvalue weighted by Crippen LogP contribution is -2.42. The fourth-order valence-corrected chi connectivity index (χ4v) is 5.44. The summed E-state index contributed by atoms with van der Waals surface area (Å²) in [7, 11) is 0. The number of benzene rings is 1. The summed E-state index contributed by atoms with van der Waals surface area (Å²) in [6.45, 7) is 7.46. The van der Waals surface area contributed by atoms with Crippen molar-refractivity contribution in [3.05, 3.63) is 65.1 Å². The molecule has 9 heteroatoms. The van der Waals surface area contributed by atoms with Crippen molar-refractivity contribution in [3.63, 3.8) is 0 Å². The molecular formula is C27H32FN7O. The van der Waals surface area contributed by atoms with Gasteiger partial charge in [0.2, 0.25) is 5.95 Å². The van der Waals surface area contributed by atoms with Crippen LogP contribution in [0.3, 0.4) is 0 Å². The highest BCUT2D eigenvalue weighted by Gasteiger charge is 2.46. The van der Waals surface area contributed by atoms with E-state index >= 15 is 0 Å². The minimum atomic E-state index is -0.870. The molecule has 1 saturated carbocycles. The normalized spacial score (nSPS) is 21.7. The molecule has 2 aliphatic heterocycles. The average Bonchev–Trinajstić information content (AvgIpc) is 3.63. The molecule has 1 aliphatic carbocycles. The van der Waals surface area contributed by atoms with Crippen molar-refractivity contribution in [1.82, 2.24) is 25.3 Å². The molecule has 0 amide bonds. The lowest BCUT2D eigenvalue weighted by molar-refractivity contribution is 0.0204. The van der Waals surface area contributed by atoms with E-state index in [1.165, 1.54) is 11.1 Å². The van der Waals surface area contributed by atoms with Crippen LogP contribution in [0, 0.1) is 0 Å². The number of anilines is 4. The van der Waals surface area contributed by atoms with Crippen molar-refractivity contribution in [2.45, 2.75) is 57.2 Å². The molecule has 1 unspecified atom stereocenters. The molecule has 3 aromatic rings. The summed E-state index contributed by atoms with van der Waals surface area (Å²) >= 11 is 0. The molecule has 0 spiro atoms. The standard InChI is InChI=1S/C27H32FN7O/c1-4-34-24(36)20-15-30-25(32-18-5-6-21-17(13-18)7-12-31-26(21,2)3)33-23(20)35(34)19-8-11-29-22(14-19)27(16-28)9-10-27/h5-6,8,11,13-15,24,31,36H,4,7,9-10,12,16H2,1-3H3,(H,30,32,33). The van der Waals surface area contributed by atoms with Gasteiger partial charge in [0.25, 0.3) is 0 Å². The van der Waals surface area contributed by atoms with E-state index in [0.29, 0.717) is 23.9 Å². The quantitative estimate of drug-likeness (QED) is 0.470. The van der Waals surface area contributed by atoms with Gasteiger partial charge in [0.15, 0.2) is 12.0 Å².